The Morgan fingerprint density at radius 2 is 1.93 bits per heavy atom. The number of hydrogen-bond donors (Lipinski definition) is 1. The summed E-state index contributed by atoms with van der Waals surface area (Å²) in [6.45, 7) is 7.77. The molecule has 3 aliphatic rings. The molecule has 0 unspecified atom stereocenters. The van der Waals surface area contributed by atoms with Gasteiger partial charge in [0.25, 0.3) is 0 Å². The second-order valence-corrected chi connectivity index (χ2v) is 5.70. The SMILES string of the molecule is CN1CCN(C[C@H]2C[C@@H]3C[C@H]2CN3)CC1. The molecular weight excluding hydrogens is 186 g/mol. The van der Waals surface area contributed by atoms with Crippen LogP contribution in [0.2, 0.25) is 0 Å². The molecule has 0 aromatic carbocycles. The van der Waals surface area contributed by atoms with Crippen molar-refractivity contribution in [1.82, 2.24) is 15.1 Å². The van der Waals surface area contributed by atoms with Crippen molar-refractivity contribution in [3.05, 3.63) is 0 Å². The van der Waals surface area contributed by atoms with Gasteiger partial charge in [-0.3, -0.25) is 0 Å². The van der Waals surface area contributed by atoms with Crippen molar-refractivity contribution in [3.63, 3.8) is 0 Å². The Bertz CT molecular complexity index is 223. The highest BCUT2D eigenvalue weighted by Crippen LogP contribution is 2.36. The Kier molecular flexibility index (Phi) is 2.71. The maximum absolute atomic E-state index is 3.60. The number of piperazine rings is 1. The van der Waals surface area contributed by atoms with Crippen molar-refractivity contribution >= 4 is 0 Å². The normalized spacial score (nSPS) is 42.6. The maximum Gasteiger partial charge on any atom is 0.0110 e. The van der Waals surface area contributed by atoms with Gasteiger partial charge in [-0.15, -0.1) is 0 Å². The van der Waals surface area contributed by atoms with Crippen molar-refractivity contribution in [2.75, 3.05) is 46.3 Å². The first-order valence-corrected chi connectivity index (χ1v) is 6.45. The lowest BCUT2D eigenvalue weighted by molar-refractivity contribution is 0.123. The number of rotatable bonds is 2. The first-order chi connectivity index (χ1) is 7.31. The molecule has 3 nitrogen and oxygen atoms in total. The Hall–Kier alpha value is -0.120. The predicted molar refractivity (Wildman–Crippen MR) is 61.9 cm³/mol. The Morgan fingerprint density at radius 1 is 1.13 bits per heavy atom. The highest BCUT2D eigenvalue weighted by molar-refractivity contribution is 4.96. The third-order valence-electron chi connectivity index (χ3n) is 4.60. The van der Waals surface area contributed by atoms with Crippen molar-refractivity contribution in [1.29, 1.82) is 0 Å². The van der Waals surface area contributed by atoms with Crippen LogP contribution in [-0.2, 0) is 0 Å². The van der Waals surface area contributed by atoms with Crippen LogP contribution >= 0.6 is 0 Å². The second kappa shape index (κ2) is 4.04. The van der Waals surface area contributed by atoms with Gasteiger partial charge in [0.15, 0.2) is 0 Å². The Labute approximate surface area is 92.8 Å². The number of likely N-dealkylation sites (N-methyl/N-ethyl adjacent to an activating group) is 1. The second-order valence-electron chi connectivity index (χ2n) is 5.70. The highest BCUT2D eigenvalue weighted by atomic mass is 15.2. The molecule has 86 valence electrons. The van der Waals surface area contributed by atoms with Crippen LogP contribution in [0.3, 0.4) is 0 Å². The van der Waals surface area contributed by atoms with Crippen LogP contribution in [0.15, 0.2) is 0 Å². The standard InChI is InChI=1S/C12H23N3/c1-14-2-4-15(5-3-14)9-11-7-12-6-10(11)8-13-12/h10-13H,2-9H2,1H3/t10-,11+,12-/m0/s1. The molecule has 0 aromatic rings. The van der Waals surface area contributed by atoms with E-state index in [1.807, 2.05) is 0 Å². The summed E-state index contributed by atoms with van der Waals surface area (Å²) in [7, 11) is 2.23. The van der Waals surface area contributed by atoms with Crippen LogP contribution in [0.25, 0.3) is 0 Å². The molecule has 0 amide bonds. The van der Waals surface area contributed by atoms with Gasteiger partial charge < -0.3 is 15.1 Å². The Morgan fingerprint density at radius 3 is 2.53 bits per heavy atom. The van der Waals surface area contributed by atoms with Gasteiger partial charge in [-0.2, -0.15) is 0 Å². The first kappa shape index (κ1) is 10.1. The minimum atomic E-state index is 0.868. The molecule has 1 N–H and O–H groups in total. The lowest BCUT2D eigenvalue weighted by Crippen LogP contribution is -2.47. The number of hydrogen-bond acceptors (Lipinski definition) is 3. The number of fused-ring (bicyclic) bond motifs is 2. The van der Waals surface area contributed by atoms with Crippen molar-refractivity contribution in [2.24, 2.45) is 11.8 Å². The van der Waals surface area contributed by atoms with E-state index in [4.69, 9.17) is 0 Å². The smallest absolute Gasteiger partial charge is 0.0110 e. The summed E-state index contributed by atoms with van der Waals surface area (Å²) in [6, 6.07) is 0.868. The Balaban J connectivity index is 1.49. The molecule has 2 saturated heterocycles. The van der Waals surface area contributed by atoms with Crippen LogP contribution < -0.4 is 5.32 Å². The summed E-state index contributed by atoms with van der Waals surface area (Å²) >= 11 is 0. The van der Waals surface area contributed by atoms with E-state index in [1.54, 1.807) is 0 Å². The third kappa shape index (κ3) is 2.05. The largest absolute Gasteiger partial charge is 0.314 e. The average molecular weight is 209 g/mol. The molecule has 3 rings (SSSR count). The van der Waals surface area contributed by atoms with Gasteiger partial charge >= 0.3 is 0 Å². The highest BCUT2D eigenvalue weighted by Gasteiger charge is 2.39. The zero-order chi connectivity index (χ0) is 10.3. The van der Waals surface area contributed by atoms with E-state index in [9.17, 15) is 0 Å². The first-order valence-electron chi connectivity index (χ1n) is 6.45. The van der Waals surface area contributed by atoms with Crippen molar-refractivity contribution in [2.45, 2.75) is 18.9 Å². The van der Waals surface area contributed by atoms with Gasteiger partial charge in [-0.25, -0.2) is 0 Å². The van der Waals surface area contributed by atoms with E-state index in [-0.39, 0.29) is 0 Å². The van der Waals surface area contributed by atoms with Crippen LogP contribution in [-0.4, -0.2) is 62.2 Å². The fraction of sp³-hybridized carbons (Fsp3) is 1.00. The predicted octanol–water partition coefficient (Wildman–Crippen LogP) is 0.232. The third-order valence-corrected chi connectivity index (χ3v) is 4.60. The topological polar surface area (TPSA) is 18.5 Å². The van der Waals surface area contributed by atoms with E-state index >= 15 is 0 Å². The van der Waals surface area contributed by atoms with Crippen LogP contribution in [0.1, 0.15) is 12.8 Å². The number of piperidine rings is 1. The molecule has 2 heterocycles. The van der Waals surface area contributed by atoms with Crippen molar-refractivity contribution in [3.8, 4) is 0 Å². The number of nitrogens with one attached hydrogen (secondary N) is 1. The summed E-state index contributed by atoms with van der Waals surface area (Å²) in [5, 5.41) is 3.60. The molecule has 0 spiro atoms. The van der Waals surface area contributed by atoms with Gasteiger partial charge in [-0.05, 0) is 38.3 Å². The zero-order valence-electron chi connectivity index (χ0n) is 9.78. The summed E-state index contributed by atoms with van der Waals surface area (Å²) in [4.78, 5) is 5.13. The fourth-order valence-corrected chi connectivity index (χ4v) is 3.53. The monoisotopic (exact) mass is 209 g/mol. The lowest BCUT2D eigenvalue weighted by Gasteiger charge is -2.35. The van der Waals surface area contributed by atoms with Gasteiger partial charge in [0.05, 0.1) is 0 Å². The molecule has 1 saturated carbocycles. The molecule has 2 bridgehead atoms. The van der Waals surface area contributed by atoms with Gasteiger partial charge in [0.1, 0.15) is 0 Å². The van der Waals surface area contributed by atoms with Gasteiger partial charge in [-0.1, -0.05) is 0 Å². The van der Waals surface area contributed by atoms with Crippen molar-refractivity contribution < 1.29 is 0 Å². The number of nitrogens with zero attached hydrogens (tertiary/aromatic N) is 2. The van der Waals surface area contributed by atoms with E-state index in [0.29, 0.717) is 0 Å². The quantitative estimate of drug-likeness (QED) is 0.702. The summed E-state index contributed by atoms with van der Waals surface area (Å²) < 4.78 is 0. The summed E-state index contributed by atoms with van der Waals surface area (Å²) in [5.41, 5.74) is 0. The molecule has 15 heavy (non-hydrogen) atoms. The van der Waals surface area contributed by atoms with Crippen LogP contribution in [0, 0.1) is 11.8 Å². The zero-order valence-corrected chi connectivity index (χ0v) is 9.78. The van der Waals surface area contributed by atoms with Crippen LogP contribution in [0.5, 0.6) is 0 Å². The maximum atomic E-state index is 3.60. The van der Waals surface area contributed by atoms with Gasteiger partial charge in [0, 0.05) is 38.8 Å². The average Bonchev–Trinajstić information content (AvgIpc) is 2.83. The molecule has 2 aliphatic heterocycles. The van der Waals surface area contributed by atoms with E-state index < -0.39 is 0 Å². The fourth-order valence-electron chi connectivity index (χ4n) is 3.53. The van der Waals surface area contributed by atoms with E-state index in [2.05, 4.69) is 22.2 Å². The molecule has 0 aromatic heterocycles. The summed E-state index contributed by atoms with van der Waals surface area (Å²) in [6.07, 6.45) is 2.90. The molecule has 1 aliphatic carbocycles. The lowest BCUT2D eigenvalue weighted by atomic mass is 9.94. The molecule has 3 heteroatoms. The minimum Gasteiger partial charge on any atom is -0.314 e. The van der Waals surface area contributed by atoms with E-state index in [0.717, 1.165) is 17.9 Å². The minimum absolute atomic E-state index is 0.868. The van der Waals surface area contributed by atoms with E-state index in [1.165, 1.54) is 52.1 Å². The molecule has 0 radical (unpaired) electrons. The van der Waals surface area contributed by atoms with Gasteiger partial charge in [0.2, 0.25) is 0 Å². The van der Waals surface area contributed by atoms with Crippen LogP contribution in [0.4, 0.5) is 0 Å². The molecule has 3 fully saturated rings. The molecular formula is C12H23N3. The summed E-state index contributed by atoms with van der Waals surface area (Å²) in [5.74, 6) is 1.99. The molecule has 3 atom stereocenters.